The Bertz CT molecular complexity index is 545. The zero-order valence-electron chi connectivity index (χ0n) is 14.9. The summed E-state index contributed by atoms with van der Waals surface area (Å²) in [6.45, 7) is 4.59. The van der Waals surface area contributed by atoms with Crippen LogP contribution in [0.1, 0.15) is 70.3 Å². The zero-order valence-corrected chi connectivity index (χ0v) is 14.9. The molecular formula is C18H30N4O2. The number of aryl methyl sites for hydroxylation is 2. The lowest BCUT2D eigenvalue weighted by atomic mass is 9.96. The second-order valence-electron chi connectivity index (χ2n) is 6.65. The van der Waals surface area contributed by atoms with Gasteiger partial charge in [-0.3, -0.25) is 9.59 Å². The first-order valence-electron chi connectivity index (χ1n) is 9.21. The van der Waals surface area contributed by atoms with Crippen molar-refractivity contribution in [3.63, 3.8) is 0 Å². The second-order valence-corrected chi connectivity index (χ2v) is 6.65. The van der Waals surface area contributed by atoms with Crippen LogP contribution in [-0.4, -0.2) is 27.6 Å². The molecule has 1 saturated carbocycles. The van der Waals surface area contributed by atoms with Crippen molar-refractivity contribution in [2.45, 2.75) is 84.2 Å². The second kappa shape index (κ2) is 9.45. The van der Waals surface area contributed by atoms with E-state index in [4.69, 9.17) is 0 Å². The summed E-state index contributed by atoms with van der Waals surface area (Å²) >= 11 is 0. The van der Waals surface area contributed by atoms with Crippen LogP contribution < -0.4 is 10.6 Å². The summed E-state index contributed by atoms with van der Waals surface area (Å²) in [5.41, 5.74) is 0.934. The molecule has 1 aliphatic carbocycles. The average molecular weight is 334 g/mol. The topological polar surface area (TPSA) is 76.0 Å². The van der Waals surface area contributed by atoms with Crippen molar-refractivity contribution in [2.24, 2.45) is 0 Å². The van der Waals surface area contributed by atoms with Gasteiger partial charge >= 0.3 is 0 Å². The Morgan fingerprint density at radius 1 is 1.12 bits per heavy atom. The van der Waals surface area contributed by atoms with Gasteiger partial charge in [-0.05, 0) is 26.7 Å². The minimum absolute atomic E-state index is 0.0172. The van der Waals surface area contributed by atoms with Gasteiger partial charge in [0.2, 0.25) is 11.8 Å². The molecule has 2 N–H and O–H groups in total. The molecule has 1 aliphatic rings. The Morgan fingerprint density at radius 2 is 1.75 bits per heavy atom. The van der Waals surface area contributed by atoms with E-state index in [1.165, 1.54) is 32.1 Å². The van der Waals surface area contributed by atoms with E-state index in [1.54, 1.807) is 10.9 Å². The van der Waals surface area contributed by atoms with Crippen LogP contribution in [0.5, 0.6) is 0 Å². The molecule has 1 aromatic heterocycles. The maximum Gasteiger partial charge on any atom is 0.226 e. The van der Waals surface area contributed by atoms with Gasteiger partial charge in [-0.1, -0.05) is 32.1 Å². The van der Waals surface area contributed by atoms with Crippen molar-refractivity contribution >= 4 is 17.6 Å². The molecule has 24 heavy (non-hydrogen) atoms. The van der Waals surface area contributed by atoms with E-state index < -0.39 is 0 Å². The van der Waals surface area contributed by atoms with E-state index in [0.717, 1.165) is 24.2 Å². The van der Waals surface area contributed by atoms with Crippen molar-refractivity contribution in [1.82, 2.24) is 15.1 Å². The van der Waals surface area contributed by atoms with E-state index in [0.29, 0.717) is 6.54 Å². The van der Waals surface area contributed by atoms with Crippen molar-refractivity contribution in [3.05, 3.63) is 11.8 Å². The summed E-state index contributed by atoms with van der Waals surface area (Å²) in [5, 5.41) is 10.2. The maximum absolute atomic E-state index is 12.1. The summed E-state index contributed by atoms with van der Waals surface area (Å²) < 4.78 is 1.75. The third kappa shape index (κ3) is 5.65. The van der Waals surface area contributed by atoms with Gasteiger partial charge in [0.1, 0.15) is 5.82 Å². The fourth-order valence-corrected chi connectivity index (χ4v) is 3.20. The molecule has 6 heteroatoms. The largest absolute Gasteiger partial charge is 0.353 e. The summed E-state index contributed by atoms with van der Waals surface area (Å²) in [7, 11) is 0. The Morgan fingerprint density at radius 3 is 2.42 bits per heavy atom. The number of carbonyl (C=O) groups excluding carboxylic acids is 2. The van der Waals surface area contributed by atoms with E-state index in [2.05, 4.69) is 15.7 Å². The average Bonchev–Trinajstić information content (AvgIpc) is 2.88. The molecule has 6 nitrogen and oxygen atoms in total. The summed E-state index contributed by atoms with van der Waals surface area (Å²) in [6, 6.07) is 0.282. The molecule has 0 aliphatic heterocycles. The molecule has 1 fully saturated rings. The maximum atomic E-state index is 12.1. The standard InChI is InChI=1S/C18H30N4O2/c1-3-22-18(14(2)13-19-22)21-17(24)12-11-16(23)20-15-9-7-5-4-6-8-10-15/h13,15H,3-12H2,1-2H3,(H,20,23)(H,21,24). The zero-order chi connectivity index (χ0) is 17.4. The number of carbonyl (C=O) groups is 2. The molecule has 0 saturated heterocycles. The monoisotopic (exact) mass is 334 g/mol. The highest BCUT2D eigenvalue weighted by Gasteiger charge is 2.16. The molecule has 0 radical (unpaired) electrons. The lowest BCUT2D eigenvalue weighted by molar-refractivity contribution is -0.125. The van der Waals surface area contributed by atoms with Crippen LogP contribution in [0.2, 0.25) is 0 Å². The number of aromatic nitrogens is 2. The Kier molecular flexibility index (Phi) is 7.28. The first-order valence-corrected chi connectivity index (χ1v) is 9.21. The van der Waals surface area contributed by atoms with Crippen LogP contribution in [-0.2, 0) is 16.1 Å². The smallest absolute Gasteiger partial charge is 0.226 e. The molecule has 0 unspecified atom stereocenters. The van der Waals surface area contributed by atoms with Crippen LogP contribution in [0.15, 0.2) is 6.20 Å². The van der Waals surface area contributed by atoms with E-state index >= 15 is 0 Å². The van der Waals surface area contributed by atoms with Crippen LogP contribution in [0.3, 0.4) is 0 Å². The van der Waals surface area contributed by atoms with Crippen molar-refractivity contribution in [1.29, 1.82) is 0 Å². The molecule has 0 atom stereocenters. The van der Waals surface area contributed by atoms with E-state index in [9.17, 15) is 9.59 Å². The third-order valence-electron chi connectivity index (χ3n) is 4.63. The van der Waals surface area contributed by atoms with Gasteiger partial charge in [0, 0.05) is 31.0 Å². The number of nitrogens with zero attached hydrogens (tertiary/aromatic N) is 2. The summed E-state index contributed by atoms with van der Waals surface area (Å²) in [5.74, 6) is 0.570. The SMILES string of the molecule is CCn1ncc(C)c1NC(=O)CCC(=O)NC1CCCCCCC1. The number of anilines is 1. The van der Waals surface area contributed by atoms with Gasteiger partial charge in [0.15, 0.2) is 0 Å². The number of hydrogen-bond donors (Lipinski definition) is 2. The Hall–Kier alpha value is -1.85. The Balaban J connectivity index is 1.74. The fraction of sp³-hybridized carbons (Fsp3) is 0.722. The quantitative estimate of drug-likeness (QED) is 0.839. The number of hydrogen-bond acceptors (Lipinski definition) is 3. The molecule has 1 aromatic rings. The van der Waals surface area contributed by atoms with Crippen molar-refractivity contribution < 1.29 is 9.59 Å². The normalized spacial score (nSPS) is 16.2. The number of rotatable bonds is 6. The van der Waals surface area contributed by atoms with Gasteiger partial charge < -0.3 is 10.6 Å². The third-order valence-corrected chi connectivity index (χ3v) is 4.63. The molecular weight excluding hydrogens is 304 g/mol. The van der Waals surface area contributed by atoms with Gasteiger partial charge in [0.25, 0.3) is 0 Å². The highest BCUT2D eigenvalue weighted by molar-refractivity contribution is 5.93. The fourth-order valence-electron chi connectivity index (χ4n) is 3.20. The lowest BCUT2D eigenvalue weighted by Gasteiger charge is -2.21. The van der Waals surface area contributed by atoms with Gasteiger partial charge in [-0.2, -0.15) is 5.10 Å². The predicted molar refractivity (Wildman–Crippen MR) is 94.8 cm³/mol. The van der Waals surface area contributed by atoms with Crippen molar-refractivity contribution in [3.8, 4) is 0 Å². The Labute approximate surface area is 144 Å². The summed E-state index contributed by atoms with van der Waals surface area (Å²) in [6.07, 6.45) is 10.5. The minimum Gasteiger partial charge on any atom is -0.353 e. The van der Waals surface area contributed by atoms with Crippen LogP contribution in [0.25, 0.3) is 0 Å². The predicted octanol–water partition coefficient (Wildman–Crippen LogP) is 3.16. The van der Waals surface area contributed by atoms with Gasteiger partial charge in [0.05, 0.1) is 6.20 Å². The highest BCUT2D eigenvalue weighted by atomic mass is 16.2. The minimum atomic E-state index is -0.138. The van der Waals surface area contributed by atoms with Gasteiger partial charge in [-0.15, -0.1) is 0 Å². The van der Waals surface area contributed by atoms with Crippen LogP contribution >= 0.6 is 0 Å². The van der Waals surface area contributed by atoms with Crippen LogP contribution in [0, 0.1) is 6.92 Å². The molecule has 0 spiro atoms. The summed E-state index contributed by atoms with van der Waals surface area (Å²) in [4.78, 5) is 24.2. The number of nitrogens with one attached hydrogen (secondary N) is 2. The molecule has 0 bridgehead atoms. The molecule has 134 valence electrons. The molecule has 0 aromatic carbocycles. The van der Waals surface area contributed by atoms with Crippen molar-refractivity contribution in [2.75, 3.05) is 5.32 Å². The molecule has 1 heterocycles. The van der Waals surface area contributed by atoms with Crippen LogP contribution in [0.4, 0.5) is 5.82 Å². The van der Waals surface area contributed by atoms with E-state index in [1.807, 2.05) is 13.8 Å². The first-order chi connectivity index (χ1) is 11.6. The van der Waals surface area contributed by atoms with E-state index in [-0.39, 0.29) is 30.7 Å². The lowest BCUT2D eigenvalue weighted by Crippen LogP contribution is -2.35. The highest BCUT2D eigenvalue weighted by Crippen LogP contribution is 2.17. The molecule has 2 rings (SSSR count). The van der Waals surface area contributed by atoms with Gasteiger partial charge in [-0.25, -0.2) is 4.68 Å². The first kappa shape index (κ1) is 18.5. The number of amides is 2. The molecule has 2 amide bonds.